The van der Waals surface area contributed by atoms with E-state index in [1.165, 1.54) is 12.1 Å². The molecule has 2 aliphatic rings. The molecule has 1 amide bonds. The van der Waals surface area contributed by atoms with Gasteiger partial charge in [0, 0.05) is 37.0 Å². The van der Waals surface area contributed by atoms with Gasteiger partial charge in [0.15, 0.2) is 0 Å². The Hall–Kier alpha value is -1.82. The largest absolute Gasteiger partial charge is 0.374 e. The molecule has 1 unspecified atom stereocenters. The molecule has 0 spiro atoms. The minimum Gasteiger partial charge on any atom is -0.374 e. The van der Waals surface area contributed by atoms with Gasteiger partial charge in [-0.05, 0) is 49.2 Å². The van der Waals surface area contributed by atoms with Gasteiger partial charge >= 0.3 is 0 Å². The second kappa shape index (κ2) is 6.97. The summed E-state index contributed by atoms with van der Waals surface area (Å²) in [5.41, 5.74) is 2.12. The van der Waals surface area contributed by atoms with Crippen LogP contribution >= 0.6 is 23.2 Å². The SMILES string of the molecule is CN1CCc2ccc(NC3(c4c(F)ccc(Cl)c4Cl)CCNC3)cc2C1=O. The summed E-state index contributed by atoms with van der Waals surface area (Å²) in [4.78, 5) is 14.2. The second-order valence-electron chi connectivity index (χ2n) is 7.20. The fourth-order valence-electron chi connectivity index (χ4n) is 3.98. The van der Waals surface area contributed by atoms with E-state index in [0.717, 1.165) is 30.8 Å². The van der Waals surface area contributed by atoms with Crippen molar-refractivity contribution in [2.24, 2.45) is 0 Å². The van der Waals surface area contributed by atoms with Crippen molar-refractivity contribution in [1.82, 2.24) is 10.2 Å². The van der Waals surface area contributed by atoms with Gasteiger partial charge in [-0.15, -0.1) is 0 Å². The summed E-state index contributed by atoms with van der Waals surface area (Å²) < 4.78 is 14.7. The van der Waals surface area contributed by atoms with Crippen LogP contribution in [0.3, 0.4) is 0 Å². The van der Waals surface area contributed by atoms with Crippen LogP contribution in [0.4, 0.5) is 10.1 Å². The first-order chi connectivity index (χ1) is 12.9. The zero-order valence-electron chi connectivity index (χ0n) is 14.9. The van der Waals surface area contributed by atoms with Crippen LogP contribution in [-0.2, 0) is 12.0 Å². The van der Waals surface area contributed by atoms with Crippen molar-refractivity contribution in [2.75, 3.05) is 32.0 Å². The Bertz CT molecular complexity index is 912. The van der Waals surface area contributed by atoms with Crippen molar-refractivity contribution >= 4 is 34.8 Å². The third-order valence-corrected chi connectivity index (χ3v) is 6.27. The van der Waals surface area contributed by atoms with Gasteiger partial charge in [0.25, 0.3) is 5.91 Å². The van der Waals surface area contributed by atoms with Gasteiger partial charge < -0.3 is 15.5 Å². The Morgan fingerprint density at radius 1 is 1.26 bits per heavy atom. The van der Waals surface area contributed by atoms with Crippen LogP contribution < -0.4 is 10.6 Å². The summed E-state index contributed by atoms with van der Waals surface area (Å²) in [7, 11) is 1.80. The summed E-state index contributed by atoms with van der Waals surface area (Å²) in [5, 5.41) is 7.27. The molecule has 0 aromatic heterocycles. The molecule has 4 rings (SSSR count). The number of nitrogens with zero attached hydrogens (tertiary/aromatic N) is 1. The number of anilines is 1. The average Bonchev–Trinajstić information content (AvgIpc) is 3.11. The van der Waals surface area contributed by atoms with Gasteiger partial charge in [-0.2, -0.15) is 0 Å². The second-order valence-corrected chi connectivity index (χ2v) is 7.99. The van der Waals surface area contributed by atoms with Crippen LogP contribution in [-0.4, -0.2) is 37.5 Å². The molecule has 2 heterocycles. The first-order valence-corrected chi connectivity index (χ1v) is 9.68. The smallest absolute Gasteiger partial charge is 0.253 e. The molecule has 142 valence electrons. The number of likely N-dealkylation sites (N-methyl/N-ethyl adjacent to an activating group) is 1. The van der Waals surface area contributed by atoms with E-state index in [1.54, 1.807) is 11.9 Å². The van der Waals surface area contributed by atoms with Crippen molar-refractivity contribution < 1.29 is 9.18 Å². The maximum Gasteiger partial charge on any atom is 0.253 e. The average molecular weight is 408 g/mol. The Morgan fingerprint density at radius 2 is 2.07 bits per heavy atom. The van der Waals surface area contributed by atoms with E-state index in [-0.39, 0.29) is 10.9 Å². The van der Waals surface area contributed by atoms with Crippen LogP contribution in [0.25, 0.3) is 0 Å². The topological polar surface area (TPSA) is 44.4 Å². The highest BCUT2D eigenvalue weighted by Gasteiger charge is 2.40. The van der Waals surface area contributed by atoms with Crippen molar-refractivity contribution in [1.29, 1.82) is 0 Å². The van der Waals surface area contributed by atoms with Gasteiger partial charge in [-0.25, -0.2) is 4.39 Å². The van der Waals surface area contributed by atoms with E-state index in [1.807, 2.05) is 18.2 Å². The van der Waals surface area contributed by atoms with Crippen molar-refractivity contribution in [3.63, 3.8) is 0 Å². The number of benzene rings is 2. The third-order valence-electron chi connectivity index (χ3n) is 5.47. The van der Waals surface area contributed by atoms with E-state index in [0.29, 0.717) is 29.1 Å². The number of fused-ring (bicyclic) bond motifs is 1. The Morgan fingerprint density at radius 3 is 2.81 bits per heavy atom. The number of rotatable bonds is 3. The Balaban J connectivity index is 1.76. The van der Waals surface area contributed by atoms with Crippen LogP contribution in [0.2, 0.25) is 10.0 Å². The highest BCUT2D eigenvalue weighted by molar-refractivity contribution is 6.42. The van der Waals surface area contributed by atoms with Gasteiger partial charge in [-0.1, -0.05) is 29.3 Å². The summed E-state index contributed by atoms with van der Waals surface area (Å²) in [6, 6.07) is 8.56. The molecule has 2 aromatic carbocycles. The summed E-state index contributed by atoms with van der Waals surface area (Å²) >= 11 is 12.6. The minimum atomic E-state index is -0.732. The molecule has 2 N–H and O–H groups in total. The van der Waals surface area contributed by atoms with Gasteiger partial charge in [0.2, 0.25) is 0 Å². The molecule has 27 heavy (non-hydrogen) atoms. The minimum absolute atomic E-state index is 0.00506. The normalized spacial score (nSPS) is 22.1. The van der Waals surface area contributed by atoms with Gasteiger partial charge in [0.05, 0.1) is 15.6 Å². The van der Waals surface area contributed by atoms with E-state index in [9.17, 15) is 9.18 Å². The molecule has 1 saturated heterocycles. The predicted molar refractivity (Wildman–Crippen MR) is 106 cm³/mol. The van der Waals surface area contributed by atoms with E-state index < -0.39 is 11.4 Å². The first-order valence-electron chi connectivity index (χ1n) is 8.92. The maximum absolute atomic E-state index is 14.7. The Kier molecular flexibility index (Phi) is 4.78. The van der Waals surface area contributed by atoms with Crippen molar-refractivity contribution in [3.8, 4) is 0 Å². The van der Waals surface area contributed by atoms with Crippen LogP contribution in [0.5, 0.6) is 0 Å². The number of halogens is 3. The zero-order valence-corrected chi connectivity index (χ0v) is 16.4. The van der Waals surface area contributed by atoms with Gasteiger partial charge in [0.1, 0.15) is 5.82 Å². The number of nitrogens with one attached hydrogen (secondary N) is 2. The molecule has 0 saturated carbocycles. The molecule has 2 aromatic rings. The zero-order chi connectivity index (χ0) is 19.2. The summed E-state index contributed by atoms with van der Waals surface area (Å²) in [6.07, 6.45) is 1.48. The van der Waals surface area contributed by atoms with Crippen molar-refractivity contribution in [2.45, 2.75) is 18.4 Å². The first kappa shape index (κ1) is 18.5. The number of carbonyl (C=O) groups is 1. The Labute approximate surface area is 167 Å². The fraction of sp³-hybridized carbons (Fsp3) is 0.350. The molecule has 2 aliphatic heterocycles. The lowest BCUT2D eigenvalue weighted by molar-refractivity contribution is 0.0781. The molecule has 1 atom stereocenters. The molecule has 0 aliphatic carbocycles. The number of hydrogen-bond acceptors (Lipinski definition) is 3. The summed E-state index contributed by atoms with van der Waals surface area (Å²) in [5.74, 6) is -0.389. The van der Waals surface area contributed by atoms with E-state index >= 15 is 0 Å². The van der Waals surface area contributed by atoms with Crippen molar-refractivity contribution in [3.05, 3.63) is 62.9 Å². The highest BCUT2D eigenvalue weighted by atomic mass is 35.5. The van der Waals surface area contributed by atoms with Crippen LogP contribution in [0.15, 0.2) is 30.3 Å². The quantitative estimate of drug-likeness (QED) is 0.753. The third kappa shape index (κ3) is 3.18. The predicted octanol–water partition coefficient (Wildman–Crippen LogP) is 4.06. The van der Waals surface area contributed by atoms with E-state index in [2.05, 4.69) is 10.6 Å². The number of hydrogen-bond donors (Lipinski definition) is 2. The van der Waals surface area contributed by atoms with Gasteiger partial charge in [-0.3, -0.25) is 4.79 Å². The number of amides is 1. The fourth-order valence-corrected chi connectivity index (χ4v) is 4.47. The molecule has 0 bridgehead atoms. The lowest BCUT2D eigenvalue weighted by Gasteiger charge is -2.33. The molecular formula is C20H20Cl2FN3O. The maximum atomic E-state index is 14.7. The van der Waals surface area contributed by atoms with Crippen LogP contribution in [0, 0.1) is 5.82 Å². The lowest BCUT2D eigenvalue weighted by Crippen LogP contribution is -2.39. The molecule has 4 nitrogen and oxygen atoms in total. The van der Waals surface area contributed by atoms with E-state index in [4.69, 9.17) is 23.2 Å². The monoisotopic (exact) mass is 407 g/mol. The molecule has 0 radical (unpaired) electrons. The number of carbonyl (C=O) groups excluding carboxylic acids is 1. The highest BCUT2D eigenvalue weighted by Crippen LogP contribution is 2.41. The standard InChI is InChI=1S/C20H20Cl2FN3O/c1-26-9-6-12-2-3-13(10-14(12)19(26)27)25-20(7-8-24-11-20)17-16(23)5-4-15(21)18(17)22/h2-5,10,24-25H,6-9,11H2,1H3. The van der Waals surface area contributed by atoms with Crippen LogP contribution in [0.1, 0.15) is 27.9 Å². The molecule has 1 fully saturated rings. The molecular weight excluding hydrogens is 388 g/mol. The molecule has 7 heteroatoms. The lowest BCUT2D eigenvalue weighted by atomic mass is 9.87. The summed E-state index contributed by atoms with van der Waals surface area (Å²) in [6.45, 7) is 1.95.